The van der Waals surface area contributed by atoms with Crippen LogP contribution in [-0.2, 0) is 6.42 Å². The van der Waals surface area contributed by atoms with E-state index in [0.717, 1.165) is 18.9 Å². The molecule has 5 heteroatoms. The smallest absolute Gasteiger partial charge is 0.0522 e. The van der Waals surface area contributed by atoms with Crippen molar-refractivity contribution < 1.29 is 0 Å². The fourth-order valence-electron chi connectivity index (χ4n) is 3.55. The summed E-state index contributed by atoms with van der Waals surface area (Å²) in [5, 5.41) is 14.3. The first-order valence-corrected chi connectivity index (χ1v) is 8.70. The van der Waals surface area contributed by atoms with E-state index in [1.165, 1.54) is 43.7 Å². The Bertz CT molecular complexity index is 420. The highest BCUT2D eigenvalue weighted by Crippen LogP contribution is 2.29. The lowest BCUT2D eigenvalue weighted by molar-refractivity contribution is 0.190. The number of hydrogen-bond acceptors (Lipinski definition) is 4. The lowest BCUT2D eigenvalue weighted by Gasteiger charge is -2.33. The molecule has 126 valence electrons. The molecule has 0 radical (unpaired) electrons. The summed E-state index contributed by atoms with van der Waals surface area (Å²) in [5.41, 5.74) is 2.76. The molecule has 5 nitrogen and oxygen atoms in total. The zero-order valence-corrected chi connectivity index (χ0v) is 14.7. The van der Waals surface area contributed by atoms with Crippen molar-refractivity contribution in [2.45, 2.75) is 45.1 Å². The second-order valence-electron chi connectivity index (χ2n) is 7.03. The summed E-state index contributed by atoms with van der Waals surface area (Å²) in [4.78, 5) is 2.61. The van der Waals surface area contributed by atoms with Gasteiger partial charge in [0.25, 0.3) is 0 Å². The van der Waals surface area contributed by atoms with Crippen LogP contribution in [-0.4, -0.2) is 61.4 Å². The number of piperidine rings is 1. The van der Waals surface area contributed by atoms with Crippen LogP contribution in [0.3, 0.4) is 0 Å². The minimum atomic E-state index is 0.461. The molecule has 0 aliphatic carbocycles. The Kier molecular flexibility index (Phi) is 6.86. The molecule has 0 bridgehead atoms. The van der Waals surface area contributed by atoms with Crippen molar-refractivity contribution in [1.82, 2.24) is 25.7 Å². The molecule has 1 fully saturated rings. The van der Waals surface area contributed by atoms with Crippen LogP contribution in [0.1, 0.15) is 43.9 Å². The highest BCUT2D eigenvalue weighted by atomic mass is 15.1. The largest absolute Gasteiger partial charge is 0.318 e. The summed E-state index contributed by atoms with van der Waals surface area (Å²) in [6.07, 6.45) is 5.56. The standard InChI is InChI=1S/C17H33N5/c1-13(2)12-22-7-5-14(6-8-22)17-15(10-20-21-17)9-16(19-4)11-18-3/h10,13-14,16,18-19H,5-9,11-12H2,1-4H3,(H,20,21). The van der Waals surface area contributed by atoms with Crippen molar-refractivity contribution in [1.29, 1.82) is 0 Å². The molecular formula is C17H33N5. The van der Waals surface area contributed by atoms with E-state index in [4.69, 9.17) is 0 Å². The van der Waals surface area contributed by atoms with E-state index in [0.29, 0.717) is 12.0 Å². The summed E-state index contributed by atoms with van der Waals surface area (Å²) in [7, 11) is 4.04. The minimum absolute atomic E-state index is 0.461. The lowest BCUT2D eigenvalue weighted by atomic mass is 9.89. The van der Waals surface area contributed by atoms with E-state index in [2.05, 4.69) is 39.6 Å². The van der Waals surface area contributed by atoms with Crippen LogP contribution >= 0.6 is 0 Å². The molecule has 2 rings (SSSR count). The maximum Gasteiger partial charge on any atom is 0.0522 e. The average molecular weight is 307 g/mol. The van der Waals surface area contributed by atoms with E-state index < -0.39 is 0 Å². The summed E-state index contributed by atoms with van der Waals surface area (Å²) < 4.78 is 0. The number of nitrogens with one attached hydrogen (secondary N) is 3. The molecule has 1 atom stereocenters. The van der Waals surface area contributed by atoms with Crippen molar-refractivity contribution in [3.05, 3.63) is 17.5 Å². The van der Waals surface area contributed by atoms with Crippen molar-refractivity contribution >= 4 is 0 Å². The highest BCUT2D eigenvalue weighted by molar-refractivity contribution is 5.22. The number of rotatable bonds is 8. The SMILES string of the molecule is CNCC(Cc1cn[nH]c1C1CCN(CC(C)C)CC1)NC. The first-order valence-electron chi connectivity index (χ1n) is 8.70. The van der Waals surface area contributed by atoms with Gasteiger partial charge in [-0.15, -0.1) is 0 Å². The van der Waals surface area contributed by atoms with Gasteiger partial charge in [-0.25, -0.2) is 0 Å². The zero-order chi connectivity index (χ0) is 15.9. The Morgan fingerprint density at radius 2 is 2.05 bits per heavy atom. The van der Waals surface area contributed by atoms with Crippen LogP contribution < -0.4 is 10.6 Å². The number of hydrogen-bond donors (Lipinski definition) is 3. The van der Waals surface area contributed by atoms with Crippen molar-refractivity contribution in [3.8, 4) is 0 Å². The van der Waals surface area contributed by atoms with E-state index in [1.54, 1.807) is 0 Å². The molecule has 1 aliphatic rings. The molecule has 0 amide bonds. The van der Waals surface area contributed by atoms with Crippen LogP contribution in [0.25, 0.3) is 0 Å². The van der Waals surface area contributed by atoms with Gasteiger partial charge in [0.15, 0.2) is 0 Å². The third-order valence-corrected chi connectivity index (χ3v) is 4.70. The molecule has 0 aromatic carbocycles. The van der Waals surface area contributed by atoms with Gasteiger partial charge in [0.05, 0.1) is 6.20 Å². The van der Waals surface area contributed by atoms with E-state index in [-0.39, 0.29) is 0 Å². The third kappa shape index (κ3) is 4.80. The molecule has 2 heterocycles. The summed E-state index contributed by atoms with van der Waals surface area (Å²) in [6, 6.07) is 0.461. The molecule has 3 N–H and O–H groups in total. The van der Waals surface area contributed by atoms with E-state index in [1.807, 2.05) is 20.3 Å². The molecule has 1 saturated heterocycles. The number of nitrogens with zero attached hydrogens (tertiary/aromatic N) is 2. The predicted octanol–water partition coefficient (Wildman–Crippen LogP) is 1.59. The number of aromatic nitrogens is 2. The van der Waals surface area contributed by atoms with Gasteiger partial charge in [0.1, 0.15) is 0 Å². The number of aromatic amines is 1. The fourth-order valence-corrected chi connectivity index (χ4v) is 3.55. The zero-order valence-electron chi connectivity index (χ0n) is 14.7. The van der Waals surface area contributed by atoms with E-state index in [9.17, 15) is 0 Å². The molecule has 1 unspecified atom stereocenters. The Labute approximate surface area is 135 Å². The fraction of sp³-hybridized carbons (Fsp3) is 0.824. The van der Waals surface area contributed by atoms with Gasteiger partial charge >= 0.3 is 0 Å². The van der Waals surface area contributed by atoms with Crippen molar-refractivity contribution in [3.63, 3.8) is 0 Å². The highest BCUT2D eigenvalue weighted by Gasteiger charge is 2.24. The molecule has 22 heavy (non-hydrogen) atoms. The summed E-state index contributed by atoms with van der Waals surface area (Å²) in [6.45, 7) is 9.25. The first-order chi connectivity index (χ1) is 10.6. The topological polar surface area (TPSA) is 56.0 Å². The minimum Gasteiger partial charge on any atom is -0.318 e. The molecule has 1 aromatic heterocycles. The van der Waals surface area contributed by atoms with Gasteiger partial charge in [0, 0.05) is 30.7 Å². The molecule has 1 aromatic rings. The van der Waals surface area contributed by atoms with Gasteiger partial charge in [-0.2, -0.15) is 5.10 Å². The van der Waals surface area contributed by atoms with Crippen LogP contribution in [0.4, 0.5) is 0 Å². The maximum absolute atomic E-state index is 4.33. The average Bonchev–Trinajstić information content (AvgIpc) is 2.95. The Hall–Kier alpha value is -0.910. The van der Waals surface area contributed by atoms with Crippen molar-refractivity contribution in [2.24, 2.45) is 5.92 Å². The van der Waals surface area contributed by atoms with Crippen LogP contribution in [0.15, 0.2) is 6.20 Å². The normalized spacial score (nSPS) is 19.0. The lowest BCUT2D eigenvalue weighted by Crippen LogP contribution is -2.37. The quantitative estimate of drug-likeness (QED) is 0.683. The molecular weight excluding hydrogens is 274 g/mol. The summed E-state index contributed by atoms with van der Waals surface area (Å²) >= 11 is 0. The van der Waals surface area contributed by atoms with Gasteiger partial charge in [-0.1, -0.05) is 13.8 Å². The van der Waals surface area contributed by atoms with Crippen molar-refractivity contribution in [2.75, 3.05) is 40.3 Å². The molecule has 1 aliphatic heterocycles. The molecule has 0 spiro atoms. The number of likely N-dealkylation sites (tertiary alicyclic amines) is 1. The Morgan fingerprint density at radius 1 is 1.32 bits per heavy atom. The van der Waals surface area contributed by atoms with Gasteiger partial charge in [-0.3, -0.25) is 5.10 Å². The number of likely N-dealkylation sites (N-methyl/N-ethyl adjacent to an activating group) is 2. The Morgan fingerprint density at radius 3 is 2.64 bits per heavy atom. The van der Waals surface area contributed by atoms with Crippen LogP contribution in [0.2, 0.25) is 0 Å². The van der Waals surface area contributed by atoms with Gasteiger partial charge < -0.3 is 15.5 Å². The van der Waals surface area contributed by atoms with Gasteiger partial charge in [0.2, 0.25) is 0 Å². The third-order valence-electron chi connectivity index (χ3n) is 4.70. The van der Waals surface area contributed by atoms with Crippen LogP contribution in [0.5, 0.6) is 0 Å². The second-order valence-corrected chi connectivity index (χ2v) is 7.03. The van der Waals surface area contributed by atoms with E-state index >= 15 is 0 Å². The second kappa shape index (κ2) is 8.65. The summed E-state index contributed by atoms with van der Waals surface area (Å²) in [5.74, 6) is 1.41. The maximum atomic E-state index is 4.33. The number of H-pyrrole nitrogens is 1. The predicted molar refractivity (Wildman–Crippen MR) is 92.3 cm³/mol. The Balaban J connectivity index is 1.92. The monoisotopic (exact) mass is 307 g/mol. The van der Waals surface area contributed by atoms with Crippen LogP contribution in [0, 0.1) is 5.92 Å². The first kappa shape index (κ1) is 17.4. The molecule has 0 saturated carbocycles. The van der Waals surface area contributed by atoms with Gasteiger partial charge in [-0.05, 0) is 57.9 Å².